The summed E-state index contributed by atoms with van der Waals surface area (Å²) >= 11 is 1.51. The molecule has 11 heteroatoms. The number of H-pyrrole nitrogens is 1. The van der Waals surface area contributed by atoms with Crippen molar-refractivity contribution in [3.63, 3.8) is 0 Å². The number of amides is 1. The van der Waals surface area contributed by atoms with Gasteiger partial charge in [-0.25, -0.2) is 0 Å². The highest BCUT2D eigenvalue weighted by molar-refractivity contribution is 7.13. The van der Waals surface area contributed by atoms with Gasteiger partial charge in [-0.3, -0.25) is 4.79 Å². The van der Waals surface area contributed by atoms with Gasteiger partial charge in [0, 0.05) is 0 Å². The number of thiophene rings is 1. The van der Waals surface area contributed by atoms with Crippen LogP contribution in [0.2, 0.25) is 0 Å². The lowest BCUT2D eigenvalue weighted by molar-refractivity contribution is -0.122. The Kier molecular flexibility index (Phi) is 3.64. The van der Waals surface area contributed by atoms with Gasteiger partial charge in [0.2, 0.25) is 11.7 Å². The second-order valence-corrected chi connectivity index (χ2v) is 5.13. The molecule has 3 aromatic rings. The zero-order valence-corrected chi connectivity index (χ0v) is 11.8. The molecule has 0 bridgehead atoms. The first-order valence-corrected chi connectivity index (χ1v) is 6.95. The minimum Gasteiger partial charge on any atom is -0.345 e. The molecular weight excluding hydrogens is 294 g/mol. The fourth-order valence-corrected chi connectivity index (χ4v) is 2.30. The number of carbonyl (C=O) groups excluding carboxylic acids is 1. The van der Waals surface area contributed by atoms with E-state index in [1.165, 1.54) is 16.1 Å². The molecule has 0 fully saturated rings. The van der Waals surface area contributed by atoms with E-state index in [2.05, 4.69) is 41.4 Å². The molecule has 108 valence electrons. The SMILES string of the molecule is CC(NC(=O)Cn1nnc(-c2cccs2)n1)c1nn[nH]n1. The van der Waals surface area contributed by atoms with Crippen LogP contribution >= 0.6 is 11.3 Å². The molecule has 3 aromatic heterocycles. The molecule has 1 atom stereocenters. The van der Waals surface area contributed by atoms with E-state index < -0.39 is 0 Å². The van der Waals surface area contributed by atoms with E-state index in [4.69, 9.17) is 0 Å². The predicted molar refractivity (Wildman–Crippen MR) is 71.9 cm³/mol. The van der Waals surface area contributed by atoms with Crippen molar-refractivity contribution in [2.45, 2.75) is 19.5 Å². The Bertz CT molecular complexity index is 705. The quantitative estimate of drug-likeness (QED) is 0.667. The van der Waals surface area contributed by atoms with Crippen LogP contribution < -0.4 is 5.32 Å². The van der Waals surface area contributed by atoms with Crippen LogP contribution in [-0.2, 0) is 11.3 Å². The van der Waals surface area contributed by atoms with Crippen molar-refractivity contribution < 1.29 is 4.79 Å². The Balaban J connectivity index is 1.60. The molecule has 0 spiro atoms. The fraction of sp³-hybridized carbons (Fsp3) is 0.300. The molecule has 0 saturated heterocycles. The molecule has 0 aliphatic carbocycles. The summed E-state index contributed by atoms with van der Waals surface area (Å²) in [5.74, 6) is 0.653. The Morgan fingerprint density at radius 3 is 3.14 bits per heavy atom. The van der Waals surface area contributed by atoms with E-state index in [-0.39, 0.29) is 18.5 Å². The van der Waals surface area contributed by atoms with Gasteiger partial charge in [-0.15, -0.1) is 31.7 Å². The highest BCUT2D eigenvalue weighted by Gasteiger charge is 2.15. The van der Waals surface area contributed by atoms with E-state index >= 15 is 0 Å². The molecule has 3 rings (SSSR count). The van der Waals surface area contributed by atoms with Crippen LogP contribution in [0.4, 0.5) is 0 Å². The summed E-state index contributed by atoms with van der Waals surface area (Å²) in [5, 5.41) is 30.0. The van der Waals surface area contributed by atoms with Gasteiger partial charge in [0.15, 0.2) is 5.82 Å². The van der Waals surface area contributed by atoms with E-state index in [9.17, 15) is 4.79 Å². The molecule has 2 N–H and O–H groups in total. The summed E-state index contributed by atoms with van der Waals surface area (Å²) < 4.78 is 0. The maximum absolute atomic E-state index is 11.9. The highest BCUT2D eigenvalue weighted by Crippen LogP contribution is 2.19. The lowest BCUT2D eigenvalue weighted by Crippen LogP contribution is -2.31. The van der Waals surface area contributed by atoms with Crippen LogP contribution in [0.1, 0.15) is 18.8 Å². The molecule has 0 aliphatic rings. The minimum atomic E-state index is -0.350. The number of aromatic amines is 1. The van der Waals surface area contributed by atoms with Crippen molar-refractivity contribution in [3.8, 4) is 10.7 Å². The van der Waals surface area contributed by atoms with Crippen LogP contribution in [0.3, 0.4) is 0 Å². The maximum Gasteiger partial charge on any atom is 0.244 e. The molecule has 1 unspecified atom stereocenters. The van der Waals surface area contributed by atoms with Gasteiger partial charge in [-0.05, 0) is 23.6 Å². The standard InChI is InChI=1S/C10H11N9OS/c1-6(9-12-16-17-13-9)11-8(20)5-19-15-10(14-18-19)7-3-2-4-21-7/h2-4,6H,5H2,1H3,(H,11,20)(H,12,13,16,17). The third kappa shape index (κ3) is 3.08. The normalized spacial score (nSPS) is 12.2. The molecule has 21 heavy (non-hydrogen) atoms. The summed E-state index contributed by atoms with van der Waals surface area (Å²) in [5.41, 5.74) is 0. The number of nitrogens with zero attached hydrogens (tertiary/aromatic N) is 7. The van der Waals surface area contributed by atoms with Crippen molar-refractivity contribution in [1.82, 2.24) is 46.1 Å². The first-order chi connectivity index (χ1) is 10.2. The number of aromatic nitrogens is 8. The van der Waals surface area contributed by atoms with Gasteiger partial charge in [0.1, 0.15) is 6.54 Å². The monoisotopic (exact) mass is 305 g/mol. The zero-order chi connectivity index (χ0) is 14.7. The lowest BCUT2D eigenvalue weighted by Gasteiger charge is -2.08. The highest BCUT2D eigenvalue weighted by atomic mass is 32.1. The second-order valence-electron chi connectivity index (χ2n) is 4.18. The summed E-state index contributed by atoms with van der Waals surface area (Å²) in [7, 11) is 0. The van der Waals surface area contributed by atoms with Crippen LogP contribution in [0.5, 0.6) is 0 Å². The fourth-order valence-electron chi connectivity index (χ4n) is 1.65. The lowest BCUT2D eigenvalue weighted by atomic mass is 10.3. The van der Waals surface area contributed by atoms with Gasteiger partial charge in [0.05, 0.1) is 10.9 Å². The molecule has 1 amide bonds. The van der Waals surface area contributed by atoms with Gasteiger partial charge < -0.3 is 5.32 Å². The van der Waals surface area contributed by atoms with Gasteiger partial charge in [-0.2, -0.15) is 10.0 Å². The second kappa shape index (κ2) is 5.75. The molecule has 10 nitrogen and oxygen atoms in total. The van der Waals surface area contributed by atoms with Crippen molar-refractivity contribution in [1.29, 1.82) is 0 Å². The van der Waals surface area contributed by atoms with Crippen LogP contribution in [0.15, 0.2) is 17.5 Å². The van der Waals surface area contributed by atoms with Crippen molar-refractivity contribution in [3.05, 3.63) is 23.3 Å². The van der Waals surface area contributed by atoms with Gasteiger partial charge >= 0.3 is 0 Å². The minimum absolute atomic E-state index is 0.0272. The molecular formula is C10H11N9OS. The van der Waals surface area contributed by atoms with E-state index in [1.54, 1.807) is 6.92 Å². The summed E-state index contributed by atoms with van der Waals surface area (Å²) in [6.07, 6.45) is 0. The number of tetrazole rings is 2. The zero-order valence-electron chi connectivity index (χ0n) is 11.0. The molecule has 0 radical (unpaired) electrons. The first-order valence-electron chi connectivity index (χ1n) is 6.07. The number of rotatable bonds is 5. The molecule has 0 aliphatic heterocycles. The van der Waals surface area contributed by atoms with E-state index in [0.29, 0.717) is 11.6 Å². The average molecular weight is 305 g/mol. The molecule has 3 heterocycles. The third-order valence-electron chi connectivity index (χ3n) is 2.61. The Hall–Kier alpha value is -2.69. The van der Waals surface area contributed by atoms with Gasteiger partial charge in [-0.1, -0.05) is 11.3 Å². The Labute approximate surface area is 122 Å². The summed E-state index contributed by atoms with van der Waals surface area (Å²) in [6.45, 7) is 1.73. The summed E-state index contributed by atoms with van der Waals surface area (Å²) in [4.78, 5) is 14.0. The van der Waals surface area contributed by atoms with Crippen molar-refractivity contribution in [2.75, 3.05) is 0 Å². The van der Waals surface area contributed by atoms with E-state index in [1.807, 2.05) is 17.5 Å². The van der Waals surface area contributed by atoms with Crippen molar-refractivity contribution >= 4 is 17.2 Å². The Morgan fingerprint density at radius 1 is 1.52 bits per heavy atom. The van der Waals surface area contributed by atoms with Gasteiger partial charge in [0.25, 0.3) is 0 Å². The van der Waals surface area contributed by atoms with Crippen LogP contribution in [0, 0.1) is 0 Å². The number of hydrogen-bond acceptors (Lipinski definition) is 8. The molecule has 0 saturated carbocycles. The van der Waals surface area contributed by atoms with Crippen LogP contribution in [0.25, 0.3) is 10.7 Å². The van der Waals surface area contributed by atoms with Crippen molar-refractivity contribution in [2.24, 2.45) is 0 Å². The van der Waals surface area contributed by atoms with Crippen LogP contribution in [-0.4, -0.2) is 46.7 Å². The smallest absolute Gasteiger partial charge is 0.244 e. The largest absolute Gasteiger partial charge is 0.345 e. The molecule has 0 aromatic carbocycles. The van der Waals surface area contributed by atoms with E-state index in [0.717, 1.165) is 4.88 Å². The average Bonchev–Trinajstić information content (AvgIpc) is 3.21. The maximum atomic E-state index is 11.9. The first kappa shape index (κ1) is 13.3. The topological polar surface area (TPSA) is 127 Å². The number of carbonyl (C=O) groups is 1. The number of nitrogens with one attached hydrogen (secondary N) is 2. The Morgan fingerprint density at radius 2 is 2.43 bits per heavy atom. The summed E-state index contributed by atoms with van der Waals surface area (Å²) in [6, 6.07) is 3.45. The number of hydrogen-bond donors (Lipinski definition) is 2. The third-order valence-corrected chi connectivity index (χ3v) is 3.47. The predicted octanol–water partition coefficient (Wildman–Crippen LogP) is -0.208.